The molecule has 0 fully saturated rings. The van der Waals surface area contributed by atoms with Gasteiger partial charge in [0.05, 0.1) is 14.7 Å². The topological polar surface area (TPSA) is 12.9 Å². The van der Waals surface area contributed by atoms with Gasteiger partial charge in [-0.05, 0) is 12.1 Å². The molecule has 1 aromatic heterocycles. The molecule has 0 unspecified atom stereocenters. The van der Waals surface area contributed by atoms with E-state index in [-0.39, 0.29) is 5.02 Å². The van der Waals surface area contributed by atoms with Crippen molar-refractivity contribution < 1.29 is 4.39 Å². The predicted octanol–water partition coefficient (Wildman–Crippen LogP) is 4.21. The van der Waals surface area contributed by atoms with Crippen molar-refractivity contribution in [3.05, 3.63) is 28.0 Å². The van der Waals surface area contributed by atoms with Gasteiger partial charge < -0.3 is 0 Å². The summed E-state index contributed by atoms with van der Waals surface area (Å²) in [6.07, 6.45) is 0. The number of benzene rings is 1. The average Bonchev–Trinajstić information content (AvgIpc) is 2.56. The Hall–Kier alpha value is -0.670. The van der Waals surface area contributed by atoms with E-state index < -0.39 is 5.82 Å². The summed E-state index contributed by atoms with van der Waals surface area (Å²) in [5, 5.41) is 1.08. The Balaban J connectivity index is 2.71. The zero-order valence-corrected chi connectivity index (χ0v) is 9.42. The van der Waals surface area contributed by atoms with E-state index in [9.17, 15) is 4.39 Å². The van der Waals surface area contributed by atoms with E-state index in [1.54, 1.807) is 6.07 Å². The number of fused-ring (bicyclic) bond motifs is 1. The fourth-order valence-electron chi connectivity index (χ4n) is 1.20. The Morgan fingerprint density at radius 1 is 1.43 bits per heavy atom. The van der Waals surface area contributed by atoms with Gasteiger partial charge in [0, 0.05) is 5.92 Å². The van der Waals surface area contributed by atoms with E-state index in [0.717, 1.165) is 9.71 Å². The zero-order chi connectivity index (χ0) is 10.3. The number of hydrogen-bond donors (Lipinski definition) is 0. The van der Waals surface area contributed by atoms with Gasteiger partial charge in [-0.25, -0.2) is 9.37 Å². The molecule has 0 spiro atoms. The van der Waals surface area contributed by atoms with Crippen LogP contribution in [0.5, 0.6) is 0 Å². The van der Waals surface area contributed by atoms with Gasteiger partial charge in [0.2, 0.25) is 0 Å². The Labute approximate surface area is 90.5 Å². The highest BCUT2D eigenvalue weighted by Gasteiger charge is 2.12. The number of hydrogen-bond acceptors (Lipinski definition) is 2. The highest BCUT2D eigenvalue weighted by atomic mass is 35.5. The summed E-state index contributed by atoms with van der Waals surface area (Å²) in [4.78, 5) is 4.23. The van der Waals surface area contributed by atoms with E-state index in [0.29, 0.717) is 11.4 Å². The summed E-state index contributed by atoms with van der Waals surface area (Å²) in [7, 11) is 0. The maximum Gasteiger partial charge on any atom is 0.168 e. The second kappa shape index (κ2) is 3.48. The maximum atomic E-state index is 13.5. The fraction of sp³-hybridized carbons (Fsp3) is 0.300. The number of nitrogens with zero attached hydrogens (tertiary/aromatic N) is 1. The Morgan fingerprint density at radius 2 is 2.14 bits per heavy atom. The molecule has 0 amide bonds. The SMILES string of the molecule is CC(C)c1nc2c(F)c(Cl)ccc2s1. The molecule has 0 aliphatic carbocycles. The largest absolute Gasteiger partial charge is 0.238 e. The fourth-order valence-corrected chi connectivity index (χ4v) is 2.32. The van der Waals surface area contributed by atoms with Crippen molar-refractivity contribution in [2.75, 3.05) is 0 Å². The first kappa shape index (κ1) is 9.87. The summed E-state index contributed by atoms with van der Waals surface area (Å²) in [5.41, 5.74) is 0.395. The molecular formula is C10H9ClFNS. The molecule has 0 aliphatic heterocycles. The summed E-state index contributed by atoms with van der Waals surface area (Å²) < 4.78 is 14.3. The number of rotatable bonds is 1. The molecule has 1 heterocycles. The van der Waals surface area contributed by atoms with Gasteiger partial charge in [0.15, 0.2) is 5.82 Å². The molecule has 0 N–H and O–H groups in total. The smallest absolute Gasteiger partial charge is 0.168 e. The van der Waals surface area contributed by atoms with E-state index in [2.05, 4.69) is 4.98 Å². The standard InChI is InChI=1S/C10H9ClFNS/c1-5(2)10-13-9-7(14-10)4-3-6(11)8(9)12/h3-5H,1-2H3. The monoisotopic (exact) mass is 229 g/mol. The van der Waals surface area contributed by atoms with E-state index in [4.69, 9.17) is 11.6 Å². The summed E-state index contributed by atoms with van der Waals surface area (Å²) >= 11 is 7.18. The Morgan fingerprint density at radius 3 is 2.79 bits per heavy atom. The first-order valence-corrected chi connectivity index (χ1v) is 5.53. The molecule has 2 rings (SSSR count). The molecule has 0 saturated heterocycles. The first-order valence-electron chi connectivity index (χ1n) is 4.34. The third kappa shape index (κ3) is 1.51. The van der Waals surface area contributed by atoms with E-state index in [1.807, 2.05) is 19.9 Å². The number of halogens is 2. The van der Waals surface area contributed by atoms with Gasteiger partial charge in [0.1, 0.15) is 5.52 Å². The molecular weight excluding hydrogens is 221 g/mol. The van der Waals surface area contributed by atoms with E-state index >= 15 is 0 Å². The van der Waals surface area contributed by atoms with Crippen molar-refractivity contribution in [2.45, 2.75) is 19.8 Å². The summed E-state index contributed by atoms with van der Waals surface area (Å²) in [5.74, 6) is -0.0853. The van der Waals surface area contributed by atoms with Gasteiger partial charge in [-0.2, -0.15) is 0 Å². The third-order valence-corrected chi connectivity index (χ3v) is 3.58. The maximum absolute atomic E-state index is 13.5. The molecule has 0 saturated carbocycles. The van der Waals surface area contributed by atoms with Crippen LogP contribution in [0.1, 0.15) is 24.8 Å². The van der Waals surface area contributed by atoms with Crippen LogP contribution in [0, 0.1) is 5.82 Å². The molecule has 0 bridgehead atoms. The van der Waals surface area contributed by atoms with Crippen molar-refractivity contribution in [3.63, 3.8) is 0 Å². The van der Waals surface area contributed by atoms with Crippen molar-refractivity contribution in [1.29, 1.82) is 0 Å². The van der Waals surface area contributed by atoms with Crippen LogP contribution in [0.25, 0.3) is 10.2 Å². The van der Waals surface area contributed by atoms with Gasteiger partial charge in [0.25, 0.3) is 0 Å². The predicted molar refractivity (Wildman–Crippen MR) is 58.7 cm³/mol. The van der Waals surface area contributed by atoms with Gasteiger partial charge in [-0.15, -0.1) is 11.3 Å². The van der Waals surface area contributed by atoms with Crippen LogP contribution in [0.4, 0.5) is 4.39 Å². The summed E-state index contributed by atoms with van der Waals surface area (Å²) in [6.45, 7) is 4.08. The minimum Gasteiger partial charge on any atom is -0.238 e. The van der Waals surface area contributed by atoms with Crippen molar-refractivity contribution in [2.24, 2.45) is 0 Å². The minimum atomic E-state index is -0.410. The van der Waals surface area contributed by atoms with Crippen molar-refractivity contribution >= 4 is 33.2 Å². The van der Waals surface area contributed by atoms with Crippen molar-refractivity contribution in [1.82, 2.24) is 4.98 Å². The van der Waals surface area contributed by atoms with Gasteiger partial charge >= 0.3 is 0 Å². The normalized spacial score (nSPS) is 11.5. The highest BCUT2D eigenvalue weighted by Crippen LogP contribution is 2.31. The van der Waals surface area contributed by atoms with Crippen LogP contribution in [0.2, 0.25) is 5.02 Å². The van der Waals surface area contributed by atoms with Gasteiger partial charge in [-0.1, -0.05) is 25.4 Å². The first-order chi connectivity index (χ1) is 6.59. The lowest BCUT2D eigenvalue weighted by Crippen LogP contribution is -1.85. The number of aromatic nitrogens is 1. The van der Waals surface area contributed by atoms with E-state index in [1.165, 1.54) is 11.3 Å². The average molecular weight is 230 g/mol. The Bertz CT molecular complexity index is 478. The molecule has 74 valence electrons. The molecule has 4 heteroatoms. The molecule has 2 aromatic rings. The lowest BCUT2D eigenvalue weighted by Gasteiger charge is -1.94. The van der Waals surface area contributed by atoms with Crippen LogP contribution in [0.3, 0.4) is 0 Å². The zero-order valence-electron chi connectivity index (χ0n) is 7.84. The van der Waals surface area contributed by atoms with Crippen LogP contribution >= 0.6 is 22.9 Å². The summed E-state index contributed by atoms with van der Waals surface area (Å²) in [6, 6.07) is 3.38. The lowest BCUT2D eigenvalue weighted by atomic mass is 10.2. The molecule has 0 radical (unpaired) electrons. The second-order valence-corrected chi connectivity index (χ2v) is 4.88. The van der Waals surface area contributed by atoms with Crippen molar-refractivity contribution in [3.8, 4) is 0 Å². The molecule has 1 nitrogen and oxygen atoms in total. The lowest BCUT2D eigenvalue weighted by molar-refractivity contribution is 0.637. The molecule has 14 heavy (non-hydrogen) atoms. The van der Waals surface area contributed by atoms with Crippen LogP contribution in [-0.2, 0) is 0 Å². The third-order valence-electron chi connectivity index (χ3n) is 1.96. The molecule has 1 aromatic carbocycles. The Kier molecular flexibility index (Phi) is 2.45. The van der Waals surface area contributed by atoms with Crippen LogP contribution < -0.4 is 0 Å². The quantitative estimate of drug-likeness (QED) is 0.714. The molecule has 0 atom stereocenters. The molecule has 0 aliphatic rings. The highest BCUT2D eigenvalue weighted by molar-refractivity contribution is 7.18. The van der Waals surface area contributed by atoms with Crippen LogP contribution in [-0.4, -0.2) is 4.98 Å². The van der Waals surface area contributed by atoms with Crippen LogP contribution in [0.15, 0.2) is 12.1 Å². The second-order valence-electron chi connectivity index (χ2n) is 3.41. The number of thiazole rings is 1. The van der Waals surface area contributed by atoms with Gasteiger partial charge in [-0.3, -0.25) is 0 Å². The minimum absolute atomic E-state index is 0.137.